The molecule has 3 heterocycles. The summed E-state index contributed by atoms with van der Waals surface area (Å²) in [6, 6.07) is 0. The molecule has 1 aromatic rings. The predicted octanol–water partition coefficient (Wildman–Crippen LogP) is 2.54. The molecule has 2 aliphatic rings. The number of amides is 1. The van der Waals surface area contributed by atoms with Gasteiger partial charge in [0.15, 0.2) is 0 Å². The molecule has 1 aromatic heterocycles. The Hall–Kier alpha value is -1.72. The summed E-state index contributed by atoms with van der Waals surface area (Å²) in [5.41, 5.74) is 1.23. The van der Waals surface area contributed by atoms with E-state index in [2.05, 4.69) is 22.3 Å². The number of carbonyl (C=O) groups is 2. The van der Waals surface area contributed by atoms with Crippen LogP contribution in [0.2, 0.25) is 0 Å². The molecule has 1 atom stereocenters. The summed E-state index contributed by atoms with van der Waals surface area (Å²) in [4.78, 5) is 29.2. The number of carboxylic acids is 1. The van der Waals surface area contributed by atoms with Gasteiger partial charge in [-0.15, -0.1) is 11.3 Å². The molecule has 29 heavy (non-hydrogen) atoms. The number of aryl methyl sites for hydroxylation is 1. The minimum absolute atomic E-state index is 0.190. The summed E-state index contributed by atoms with van der Waals surface area (Å²) in [7, 11) is 2.19. The van der Waals surface area contributed by atoms with Gasteiger partial charge >= 0.3 is 12.1 Å². The summed E-state index contributed by atoms with van der Waals surface area (Å²) in [6.07, 6.45) is -2.78. The van der Waals surface area contributed by atoms with Crippen LogP contribution in [0.5, 0.6) is 0 Å². The van der Waals surface area contributed by atoms with E-state index < -0.39 is 12.1 Å². The molecule has 0 aromatic carbocycles. The highest BCUT2D eigenvalue weighted by Gasteiger charge is 2.50. The number of halogens is 3. The molecular formula is C18H26F3N3O4S. The van der Waals surface area contributed by atoms with Crippen molar-refractivity contribution in [3.8, 4) is 0 Å². The number of piperidine rings is 1. The first kappa shape index (κ1) is 23.6. The molecule has 164 valence electrons. The van der Waals surface area contributed by atoms with Crippen LogP contribution in [0.15, 0.2) is 5.38 Å². The average molecular weight is 437 g/mol. The van der Waals surface area contributed by atoms with Gasteiger partial charge in [-0.1, -0.05) is 0 Å². The van der Waals surface area contributed by atoms with E-state index in [-0.39, 0.29) is 11.4 Å². The summed E-state index contributed by atoms with van der Waals surface area (Å²) in [5, 5.41) is 10.3. The van der Waals surface area contributed by atoms with Gasteiger partial charge in [-0.2, -0.15) is 13.2 Å². The number of alkyl halides is 3. The van der Waals surface area contributed by atoms with Gasteiger partial charge in [-0.3, -0.25) is 9.69 Å². The van der Waals surface area contributed by atoms with Crippen LogP contribution in [-0.4, -0.2) is 76.8 Å². The first-order valence-electron chi connectivity index (χ1n) is 9.18. The number of carbonyl (C=O) groups excluding carboxylic acids is 1. The number of hydrogen-bond acceptors (Lipinski definition) is 6. The van der Waals surface area contributed by atoms with E-state index in [4.69, 9.17) is 14.6 Å². The molecule has 2 fully saturated rings. The fourth-order valence-electron chi connectivity index (χ4n) is 3.61. The minimum atomic E-state index is -5.08. The standard InChI is InChI=1S/C16H25N3O2S.C2HF3O2/c1-12-17-15(9-22-12)8-21-7-14-4-5-18(3)16(6-14)10-19(11-16)13(2)20;3-2(4,5)1(6)7/h9,14H,4-8,10-11H2,1-3H3;(H,6,7). The van der Waals surface area contributed by atoms with E-state index in [1.165, 1.54) is 6.42 Å². The molecule has 0 saturated carbocycles. The first-order valence-corrected chi connectivity index (χ1v) is 10.1. The lowest BCUT2D eigenvalue weighted by molar-refractivity contribution is -0.192. The maximum Gasteiger partial charge on any atom is 0.490 e. The maximum atomic E-state index is 11.4. The van der Waals surface area contributed by atoms with Gasteiger partial charge in [0, 0.05) is 25.4 Å². The molecule has 1 amide bonds. The summed E-state index contributed by atoms with van der Waals surface area (Å²) in [6.45, 7) is 7.94. The highest BCUT2D eigenvalue weighted by Crippen LogP contribution is 2.38. The molecule has 2 aliphatic heterocycles. The Balaban J connectivity index is 0.000000370. The van der Waals surface area contributed by atoms with Gasteiger partial charge in [0.2, 0.25) is 5.91 Å². The number of aliphatic carboxylic acids is 1. The van der Waals surface area contributed by atoms with Crippen LogP contribution < -0.4 is 0 Å². The molecular weight excluding hydrogens is 411 g/mol. The van der Waals surface area contributed by atoms with Gasteiger partial charge in [-0.05, 0) is 39.3 Å². The molecule has 0 aliphatic carbocycles. The molecule has 1 spiro atoms. The topological polar surface area (TPSA) is 83.0 Å². The summed E-state index contributed by atoms with van der Waals surface area (Å²) >= 11 is 1.67. The van der Waals surface area contributed by atoms with E-state index in [1.807, 2.05) is 11.8 Å². The Morgan fingerprint density at radius 3 is 2.52 bits per heavy atom. The molecule has 1 N–H and O–H groups in total. The quantitative estimate of drug-likeness (QED) is 0.780. The van der Waals surface area contributed by atoms with Crippen molar-refractivity contribution in [2.45, 2.75) is 45.0 Å². The van der Waals surface area contributed by atoms with Gasteiger partial charge < -0.3 is 14.7 Å². The number of ether oxygens (including phenoxy) is 1. The van der Waals surface area contributed by atoms with Crippen LogP contribution in [0.4, 0.5) is 13.2 Å². The zero-order valence-corrected chi connectivity index (χ0v) is 17.5. The second-order valence-electron chi connectivity index (χ2n) is 7.56. The number of likely N-dealkylation sites (N-methyl/N-ethyl adjacent to an activating group) is 1. The van der Waals surface area contributed by atoms with Crippen LogP contribution in [0.1, 0.15) is 30.5 Å². The van der Waals surface area contributed by atoms with Crippen LogP contribution in [0.25, 0.3) is 0 Å². The van der Waals surface area contributed by atoms with Crippen molar-refractivity contribution < 1.29 is 32.6 Å². The van der Waals surface area contributed by atoms with E-state index in [0.717, 1.165) is 43.4 Å². The monoisotopic (exact) mass is 437 g/mol. The van der Waals surface area contributed by atoms with E-state index >= 15 is 0 Å². The van der Waals surface area contributed by atoms with Gasteiger partial charge in [-0.25, -0.2) is 9.78 Å². The van der Waals surface area contributed by atoms with Gasteiger partial charge in [0.05, 0.1) is 29.5 Å². The fraction of sp³-hybridized carbons (Fsp3) is 0.722. The average Bonchev–Trinajstić information content (AvgIpc) is 2.99. The fourth-order valence-corrected chi connectivity index (χ4v) is 4.21. The predicted molar refractivity (Wildman–Crippen MR) is 101 cm³/mol. The first-order chi connectivity index (χ1) is 13.4. The van der Waals surface area contributed by atoms with Crippen LogP contribution in [-0.2, 0) is 20.9 Å². The van der Waals surface area contributed by atoms with Crippen molar-refractivity contribution >= 4 is 23.2 Å². The van der Waals surface area contributed by atoms with Gasteiger partial charge in [0.1, 0.15) is 0 Å². The summed E-state index contributed by atoms with van der Waals surface area (Å²) in [5.74, 6) is -1.98. The molecule has 0 bridgehead atoms. The third-order valence-corrected chi connectivity index (χ3v) is 6.10. The molecule has 11 heteroatoms. The zero-order valence-electron chi connectivity index (χ0n) is 16.7. The SMILES string of the molecule is CC(=O)N1CC2(CC(COCc3csc(C)n3)CCN2C)C1.O=C(O)C(F)(F)F. The van der Waals surface area contributed by atoms with E-state index in [0.29, 0.717) is 12.5 Å². The van der Waals surface area contributed by atoms with Crippen LogP contribution >= 0.6 is 11.3 Å². The number of rotatable bonds is 4. The second kappa shape index (κ2) is 9.40. The van der Waals surface area contributed by atoms with E-state index in [1.54, 1.807) is 18.3 Å². The zero-order chi connectivity index (χ0) is 21.8. The van der Waals surface area contributed by atoms with Crippen molar-refractivity contribution in [1.82, 2.24) is 14.8 Å². The number of aromatic nitrogens is 1. The van der Waals surface area contributed by atoms with Gasteiger partial charge in [0.25, 0.3) is 0 Å². The van der Waals surface area contributed by atoms with Crippen molar-refractivity contribution in [3.05, 3.63) is 16.1 Å². The number of hydrogen-bond donors (Lipinski definition) is 1. The number of nitrogens with zero attached hydrogens (tertiary/aromatic N) is 3. The Kier molecular flexibility index (Phi) is 7.63. The van der Waals surface area contributed by atoms with Crippen molar-refractivity contribution in [3.63, 3.8) is 0 Å². The Bertz CT molecular complexity index is 719. The van der Waals surface area contributed by atoms with Crippen LogP contribution in [0, 0.1) is 12.8 Å². The molecule has 3 rings (SSSR count). The van der Waals surface area contributed by atoms with E-state index in [9.17, 15) is 18.0 Å². The Morgan fingerprint density at radius 2 is 2.03 bits per heavy atom. The molecule has 2 saturated heterocycles. The Morgan fingerprint density at radius 1 is 1.41 bits per heavy atom. The molecule has 1 unspecified atom stereocenters. The third-order valence-electron chi connectivity index (χ3n) is 5.28. The minimum Gasteiger partial charge on any atom is -0.475 e. The highest BCUT2D eigenvalue weighted by atomic mass is 32.1. The lowest BCUT2D eigenvalue weighted by Gasteiger charge is -2.58. The highest BCUT2D eigenvalue weighted by molar-refractivity contribution is 7.09. The number of likely N-dealkylation sites (tertiary alicyclic amines) is 2. The second-order valence-corrected chi connectivity index (χ2v) is 8.62. The lowest BCUT2D eigenvalue weighted by atomic mass is 9.75. The van der Waals surface area contributed by atoms with Crippen molar-refractivity contribution in [2.24, 2.45) is 5.92 Å². The normalized spacial score (nSPS) is 21.3. The lowest BCUT2D eigenvalue weighted by Crippen LogP contribution is -2.72. The van der Waals surface area contributed by atoms with Crippen molar-refractivity contribution in [2.75, 3.05) is 33.3 Å². The Labute approximate surface area is 171 Å². The smallest absolute Gasteiger partial charge is 0.475 e. The summed E-state index contributed by atoms with van der Waals surface area (Å²) < 4.78 is 37.6. The third kappa shape index (κ3) is 6.38. The van der Waals surface area contributed by atoms with Crippen LogP contribution in [0.3, 0.4) is 0 Å². The molecule has 0 radical (unpaired) electrons. The largest absolute Gasteiger partial charge is 0.490 e. The van der Waals surface area contributed by atoms with Crippen molar-refractivity contribution in [1.29, 1.82) is 0 Å². The number of carboxylic acid groups (broad SMARTS) is 1. The number of thiazole rings is 1. The molecule has 7 nitrogen and oxygen atoms in total. The maximum absolute atomic E-state index is 11.4.